The molecule has 0 saturated heterocycles. The third-order valence-corrected chi connectivity index (χ3v) is 8.25. The Morgan fingerprint density at radius 1 is 0.786 bits per heavy atom. The van der Waals surface area contributed by atoms with Crippen molar-refractivity contribution in [1.82, 2.24) is 0 Å². The van der Waals surface area contributed by atoms with E-state index in [1.807, 2.05) is 48.5 Å². The maximum absolute atomic E-state index is 10.4. The first-order valence-electron chi connectivity index (χ1n) is 14.9. The normalized spacial score (nSPS) is 12.3. The smallest absolute Gasteiger partial charge is 0.216 e. The molecule has 0 aliphatic rings. The Morgan fingerprint density at radius 2 is 1.45 bits per heavy atom. The molecule has 3 nitrogen and oxygen atoms in total. The van der Waals surface area contributed by atoms with Crippen molar-refractivity contribution in [2.24, 2.45) is 12.5 Å². The predicted octanol–water partition coefficient (Wildman–Crippen LogP) is 9.82. The Morgan fingerprint density at radius 3 is 2.17 bits per heavy atom. The number of aryl methyl sites for hydroxylation is 2. The summed E-state index contributed by atoms with van der Waals surface area (Å²) >= 11 is 0. The highest BCUT2D eigenvalue weighted by molar-refractivity contribution is 6.19. The van der Waals surface area contributed by atoms with Crippen LogP contribution in [0.3, 0.4) is 0 Å². The summed E-state index contributed by atoms with van der Waals surface area (Å²) in [6.07, 6.45) is 3.21. The number of aromatic nitrogens is 1. The molecular weight excluding hydrogens is 512 g/mol. The molecule has 2 aromatic heterocycles. The summed E-state index contributed by atoms with van der Waals surface area (Å²) < 4.78 is 18.5. The maximum Gasteiger partial charge on any atom is 0.216 e. The van der Waals surface area contributed by atoms with Crippen LogP contribution in [0.2, 0.25) is 0 Å². The first-order chi connectivity index (χ1) is 20.7. The topological polar surface area (TPSA) is 40.8 Å². The van der Waals surface area contributed by atoms with Gasteiger partial charge in [-0.1, -0.05) is 81.4 Å². The van der Waals surface area contributed by atoms with Crippen molar-refractivity contribution in [1.29, 1.82) is 5.26 Å². The SMILES string of the molecule is [2H]c1c(-c2c(C#N)ccc3c2oc2c(-c4ccc(CC(C)(C)C)c[n+]4C)c(C)ccc23)c2ccccc2c2ccccc12. The number of hydrogen-bond donors (Lipinski definition) is 0. The van der Waals surface area contributed by atoms with E-state index in [0.717, 1.165) is 66.7 Å². The van der Waals surface area contributed by atoms with Crippen LogP contribution in [-0.4, -0.2) is 0 Å². The zero-order valence-corrected chi connectivity index (χ0v) is 24.7. The molecule has 0 saturated carbocycles. The summed E-state index contributed by atoms with van der Waals surface area (Å²) in [7, 11) is 2.09. The highest BCUT2D eigenvalue weighted by Gasteiger charge is 2.25. The quantitative estimate of drug-likeness (QED) is 0.163. The third-order valence-electron chi connectivity index (χ3n) is 8.25. The van der Waals surface area contributed by atoms with Gasteiger partial charge >= 0.3 is 0 Å². The van der Waals surface area contributed by atoms with Crippen LogP contribution in [0.4, 0.5) is 0 Å². The molecule has 0 atom stereocenters. The van der Waals surface area contributed by atoms with Crippen LogP contribution in [0.1, 0.15) is 38.8 Å². The van der Waals surface area contributed by atoms with Crippen molar-refractivity contribution in [3.05, 3.63) is 114 Å². The number of benzene rings is 5. The van der Waals surface area contributed by atoms with Crippen LogP contribution >= 0.6 is 0 Å². The molecule has 0 aliphatic carbocycles. The lowest BCUT2D eigenvalue weighted by Gasteiger charge is -2.17. The van der Waals surface area contributed by atoms with Crippen LogP contribution in [-0.2, 0) is 13.5 Å². The lowest BCUT2D eigenvalue weighted by Crippen LogP contribution is -2.32. The zero-order valence-electron chi connectivity index (χ0n) is 25.7. The molecule has 0 spiro atoms. The minimum absolute atomic E-state index is 0.196. The van der Waals surface area contributed by atoms with Crippen LogP contribution < -0.4 is 4.57 Å². The fourth-order valence-corrected chi connectivity index (χ4v) is 6.47. The second-order valence-corrected chi connectivity index (χ2v) is 12.6. The molecule has 0 unspecified atom stereocenters. The van der Waals surface area contributed by atoms with Gasteiger partial charge in [0.1, 0.15) is 18.2 Å². The van der Waals surface area contributed by atoms with E-state index in [0.29, 0.717) is 22.8 Å². The first kappa shape index (κ1) is 24.8. The Kier molecular flexibility index (Phi) is 5.66. The summed E-state index contributed by atoms with van der Waals surface area (Å²) in [5.74, 6) is 0. The molecule has 0 amide bonds. The van der Waals surface area contributed by atoms with Crippen molar-refractivity contribution in [2.75, 3.05) is 0 Å². The number of hydrogen-bond acceptors (Lipinski definition) is 2. The fraction of sp³-hybridized carbons (Fsp3) is 0.179. The van der Waals surface area contributed by atoms with Crippen molar-refractivity contribution in [3.63, 3.8) is 0 Å². The molecule has 0 bridgehead atoms. The van der Waals surface area contributed by atoms with Crippen molar-refractivity contribution >= 4 is 43.5 Å². The lowest BCUT2D eigenvalue weighted by molar-refractivity contribution is -0.660. The molecule has 0 N–H and O–H groups in total. The number of furan rings is 1. The van der Waals surface area contributed by atoms with E-state index >= 15 is 0 Å². The van der Waals surface area contributed by atoms with E-state index in [9.17, 15) is 6.63 Å². The molecule has 0 aliphatic heterocycles. The number of pyridine rings is 1. The predicted molar refractivity (Wildman–Crippen MR) is 173 cm³/mol. The average molecular weight is 547 g/mol. The van der Waals surface area contributed by atoms with Crippen LogP contribution in [0, 0.1) is 23.7 Å². The van der Waals surface area contributed by atoms with E-state index in [1.165, 1.54) is 5.56 Å². The number of nitriles is 1. The lowest BCUT2D eigenvalue weighted by atomic mass is 9.88. The van der Waals surface area contributed by atoms with Gasteiger partial charge in [-0.05, 0) is 75.7 Å². The summed E-state index contributed by atoms with van der Waals surface area (Å²) in [5, 5.41) is 16.2. The average Bonchev–Trinajstić information content (AvgIpc) is 3.36. The molecule has 2 heterocycles. The van der Waals surface area contributed by atoms with Gasteiger partial charge in [-0.15, -0.1) is 0 Å². The van der Waals surface area contributed by atoms with Gasteiger partial charge in [0.25, 0.3) is 0 Å². The Labute approximate surface area is 247 Å². The third kappa shape index (κ3) is 4.14. The van der Waals surface area contributed by atoms with Gasteiger partial charge in [0.2, 0.25) is 5.69 Å². The number of rotatable bonds is 3. The van der Waals surface area contributed by atoms with Crippen LogP contribution in [0.15, 0.2) is 102 Å². The summed E-state index contributed by atoms with van der Waals surface area (Å²) in [6, 6.07) is 31.5. The molecule has 7 rings (SSSR count). The second kappa shape index (κ2) is 9.57. The second-order valence-electron chi connectivity index (χ2n) is 12.6. The Bertz CT molecular complexity index is 2300. The van der Waals surface area contributed by atoms with E-state index in [4.69, 9.17) is 4.42 Å². The maximum atomic E-state index is 10.4. The van der Waals surface area contributed by atoms with E-state index in [2.05, 4.69) is 88.0 Å². The first-order valence-corrected chi connectivity index (χ1v) is 14.4. The monoisotopic (exact) mass is 546 g/mol. The molecule has 0 fully saturated rings. The molecule has 42 heavy (non-hydrogen) atoms. The Hall–Kier alpha value is -4.94. The number of fused-ring (bicyclic) bond motifs is 6. The Balaban J connectivity index is 1.56. The largest absolute Gasteiger partial charge is 0.454 e. The van der Waals surface area contributed by atoms with E-state index in [1.54, 1.807) is 0 Å². The summed E-state index contributed by atoms with van der Waals surface area (Å²) in [4.78, 5) is 0. The van der Waals surface area contributed by atoms with Gasteiger partial charge in [-0.25, -0.2) is 4.57 Å². The number of nitrogens with zero attached hydrogens (tertiary/aromatic N) is 2. The van der Waals surface area contributed by atoms with Gasteiger partial charge in [-0.2, -0.15) is 5.26 Å². The van der Waals surface area contributed by atoms with E-state index < -0.39 is 0 Å². The van der Waals surface area contributed by atoms with Gasteiger partial charge in [0.05, 0.1) is 18.6 Å². The van der Waals surface area contributed by atoms with Crippen molar-refractivity contribution in [3.8, 4) is 28.5 Å². The van der Waals surface area contributed by atoms with Crippen LogP contribution in [0.5, 0.6) is 0 Å². The standard InChI is InChI=1S/C39H33N2O/c1-24-14-17-31-32-18-16-27(22-40)36(33-20-26-10-6-7-11-28(26)29-12-8-9-13-30(29)33)38(32)42-37(31)35(24)34-19-15-25(23-41(34)5)21-39(2,3)4/h6-20,23H,21H2,1-5H3/q+1/i20D. The van der Waals surface area contributed by atoms with Gasteiger partial charge < -0.3 is 4.42 Å². The fourth-order valence-electron chi connectivity index (χ4n) is 6.47. The summed E-state index contributed by atoms with van der Waals surface area (Å²) in [6.45, 7) is 8.89. The van der Waals surface area contributed by atoms with Crippen molar-refractivity contribution < 1.29 is 10.4 Å². The molecule has 5 aromatic carbocycles. The minimum Gasteiger partial charge on any atom is -0.454 e. The van der Waals surface area contributed by atoms with E-state index in [-0.39, 0.29) is 5.41 Å². The molecule has 3 heteroatoms. The highest BCUT2D eigenvalue weighted by Crippen LogP contribution is 2.44. The molecule has 7 aromatic rings. The van der Waals surface area contributed by atoms with Crippen molar-refractivity contribution in [2.45, 2.75) is 34.1 Å². The van der Waals surface area contributed by atoms with Gasteiger partial charge in [0, 0.05) is 28.0 Å². The summed E-state index contributed by atoms with van der Waals surface area (Å²) in [5.41, 5.74) is 8.05. The minimum atomic E-state index is 0.196. The van der Waals surface area contributed by atoms with Gasteiger partial charge in [0.15, 0.2) is 6.20 Å². The highest BCUT2D eigenvalue weighted by atomic mass is 16.3. The van der Waals surface area contributed by atoms with Gasteiger partial charge in [-0.3, -0.25) is 0 Å². The zero-order chi connectivity index (χ0) is 30.0. The molecular formula is C39H33N2O+. The molecule has 204 valence electrons. The van der Waals surface area contributed by atoms with Crippen LogP contribution in [0.25, 0.3) is 65.9 Å². The molecule has 0 radical (unpaired) electrons.